The number of aliphatic carboxylic acids is 1. The summed E-state index contributed by atoms with van der Waals surface area (Å²) in [6.07, 6.45) is 5.83. The van der Waals surface area contributed by atoms with E-state index >= 15 is 0 Å². The zero-order chi connectivity index (χ0) is 15.3. The molecule has 1 aliphatic rings. The summed E-state index contributed by atoms with van der Waals surface area (Å²) in [6.45, 7) is 2.24. The molecule has 2 rings (SSSR count). The molecule has 1 unspecified atom stereocenters. The highest BCUT2D eigenvalue weighted by molar-refractivity contribution is 7.09. The van der Waals surface area contributed by atoms with Crippen molar-refractivity contribution < 1.29 is 14.7 Å². The van der Waals surface area contributed by atoms with E-state index in [0.29, 0.717) is 19.4 Å². The molecule has 0 bridgehead atoms. The Balaban J connectivity index is 1.71. The van der Waals surface area contributed by atoms with E-state index < -0.39 is 11.5 Å². The largest absolute Gasteiger partial charge is 0.480 e. The van der Waals surface area contributed by atoms with E-state index in [1.165, 1.54) is 4.88 Å². The first-order chi connectivity index (χ1) is 10.0. The van der Waals surface area contributed by atoms with E-state index in [2.05, 4.69) is 17.5 Å². The molecule has 116 valence electrons. The molecule has 1 fully saturated rings. The SMILES string of the molecule is CC1(C(=O)O)CCCN1C(=O)CCCCCc1cccs1. The molecule has 1 atom stereocenters. The maximum absolute atomic E-state index is 12.2. The number of amides is 1. The van der Waals surface area contributed by atoms with Crippen molar-refractivity contribution in [3.63, 3.8) is 0 Å². The Bertz CT molecular complexity index is 486. The highest BCUT2D eigenvalue weighted by atomic mass is 32.1. The van der Waals surface area contributed by atoms with Crippen LogP contribution in [0.15, 0.2) is 17.5 Å². The van der Waals surface area contributed by atoms with Crippen LogP contribution in [0.2, 0.25) is 0 Å². The molecule has 1 aromatic heterocycles. The average molecular weight is 309 g/mol. The second-order valence-corrected chi connectivity index (χ2v) is 6.90. The minimum Gasteiger partial charge on any atom is -0.480 e. The highest BCUT2D eigenvalue weighted by Crippen LogP contribution is 2.30. The van der Waals surface area contributed by atoms with E-state index in [0.717, 1.165) is 32.1 Å². The Morgan fingerprint density at radius 2 is 2.19 bits per heavy atom. The lowest BCUT2D eigenvalue weighted by molar-refractivity contribution is -0.155. The molecule has 0 radical (unpaired) electrons. The third-order valence-corrected chi connectivity index (χ3v) is 5.23. The minimum absolute atomic E-state index is 0.00600. The minimum atomic E-state index is -0.992. The van der Waals surface area contributed by atoms with Gasteiger partial charge in [-0.1, -0.05) is 12.5 Å². The van der Waals surface area contributed by atoms with Crippen molar-refractivity contribution in [1.82, 2.24) is 4.90 Å². The van der Waals surface area contributed by atoms with Crippen LogP contribution in [0, 0.1) is 0 Å². The molecule has 0 aliphatic carbocycles. The molecule has 1 aromatic rings. The number of nitrogens with zero attached hydrogens (tertiary/aromatic N) is 1. The van der Waals surface area contributed by atoms with Crippen molar-refractivity contribution in [3.05, 3.63) is 22.4 Å². The van der Waals surface area contributed by atoms with Crippen LogP contribution in [0.5, 0.6) is 0 Å². The van der Waals surface area contributed by atoms with Crippen molar-refractivity contribution in [2.75, 3.05) is 6.54 Å². The van der Waals surface area contributed by atoms with E-state index in [9.17, 15) is 14.7 Å². The van der Waals surface area contributed by atoms with E-state index in [1.54, 1.807) is 23.2 Å². The fourth-order valence-electron chi connectivity index (χ4n) is 2.93. The Morgan fingerprint density at radius 1 is 1.38 bits per heavy atom. The van der Waals surface area contributed by atoms with Crippen LogP contribution in [0.25, 0.3) is 0 Å². The van der Waals surface area contributed by atoms with Crippen molar-refractivity contribution in [1.29, 1.82) is 0 Å². The standard InChI is InChI=1S/C16H23NO3S/c1-16(15(19)20)10-6-11-17(16)14(18)9-4-2-3-7-13-8-5-12-21-13/h5,8,12H,2-4,6-7,9-11H2,1H3,(H,19,20). The van der Waals surface area contributed by atoms with Crippen LogP contribution in [0.1, 0.15) is 50.3 Å². The fourth-order valence-corrected chi connectivity index (χ4v) is 3.68. The number of carboxylic acid groups (broad SMARTS) is 1. The third-order valence-electron chi connectivity index (χ3n) is 4.30. The van der Waals surface area contributed by atoms with Gasteiger partial charge in [0.25, 0.3) is 0 Å². The van der Waals surface area contributed by atoms with Gasteiger partial charge in [-0.2, -0.15) is 0 Å². The predicted molar refractivity (Wildman–Crippen MR) is 83.5 cm³/mol. The summed E-state index contributed by atoms with van der Waals surface area (Å²) in [5.74, 6) is -0.889. The summed E-state index contributed by atoms with van der Waals surface area (Å²) >= 11 is 1.77. The normalized spacial score (nSPS) is 21.7. The van der Waals surface area contributed by atoms with Gasteiger partial charge in [-0.15, -0.1) is 11.3 Å². The van der Waals surface area contributed by atoms with Gasteiger partial charge < -0.3 is 10.0 Å². The van der Waals surface area contributed by atoms with Crippen molar-refractivity contribution in [2.45, 2.75) is 57.4 Å². The number of unbranched alkanes of at least 4 members (excludes halogenated alkanes) is 2. The van der Waals surface area contributed by atoms with Crippen LogP contribution in [-0.4, -0.2) is 34.0 Å². The number of hydrogen-bond acceptors (Lipinski definition) is 3. The second-order valence-electron chi connectivity index (χ2n) is 5.87. The zero-order valence-electron chi connectivity index (χ0n) is 12.5. The molecule has 2 heterocycles. The second kappa shape index (κ2) is 7.07. The maximum atomic E-state index is 12.2. The first-order valence-corrected chi connectivity index (χ1v) is 8.48. The lowest BCUT2D eigenvalue weighted by Crippen LogP contribution is -2.50. The number of rotatable bonds is 7. The van der Waals surface area contributed by atoms with Gasteiger partial charge in [0, 0.05) is 17.8 Å². The third kappa shape index (κ3) is 3.84. The van der Waals surface area contributed by atoms with E-state index in [-0.39, 0.29) is 5.91 Å². The van der Waals surface area contributed by atoms with Gasteiger partial charge in [0.15, 0.2) is 0 Å². The first kappa shape index (κ1) is 16.0. The number of likely N-dealkylation sites (tertiary alicyclic amines) is 1. The predicted octanol–water partition coefficient (Wildman–Crippen LogP) is 3.32. The molecule has 1 amide bonds. The lowest BCUT2D eigenvalue weighted by Gasteiger charge is -2.31. The smallest absolute Gasteiger partial charge is 0.329 e. The zero-order valence-corrected chi connectivity index (χ0v) is 13.3. The van der Waals surface area contributed by atoms with Gasteiger partial charge in [-0.25, -0.2) is 4.79 Å². The van der Waals surface area contributed by atoms with Gasteiger partial charge >= 0.3 is 5.97 Å². The number of thiophene rings is 1. The molecular weight excluding hydrogens is 286 g/mol. The maximum Gasteiger partial charge on any atom is 0.329 e. The Hall–Kier alpha value is -1.36. The summed E-state index contributed by atoms with van der Waals surface area (Å²) in [5.41, 5.74) is -0.992. The summed E-state index contributed by atoms with van der Waals surface area (Å²) in [4.78, 5) is 26.5. The van der Waals surface area contributed by atoms with Crippen LogP contribution in [0.3, 0.4) is 0 Å². The monoisotopic (exact) mass is 309 g/mol. The van der Waals surface area contributed by atoms with E-state index in [1.807, 2.05) is 0 Å². The Kier molecular flexibility index (Phi) is 5.39. The molecule has 0 spiro atoms. The quantitative estimate of drug-likeness (QED) is 0.786. The van der Waals surface area contributed by atoms with Crippen molar-refractivity contribution >= 4 is 23.2 Å². The summed E-state index contributed by atoms with van der Waals surface area (Å²) in [5, 5.41) is 11.4. The molecule has 0 saturated carbocycles. The number of carbonyl (C=O) groups excluding carboxylic acids is 1. The molecule has 4 nitrogen and oxygen atoms in total. The lowest BCUT2D eigenvalue weighted by atomic mass is 9.99. The van der Waals surface area contributed by atoms with Crippen LogP contribution in [0.4, 0.5) is 0 Å². The van der Waals surface area contributed by atoms with Crippen LogP contribution in [-0.2, 0) is 16.0 Å². The molecule has 21 heavy (non-hydrogen) atoms. The first-order valence-electron chi connectivity index (χ1n) is 7.60. The van der Waals surface area contributed by atoms with Gasteiger partial charge in [0.1, 0.15) is 5.54 Å². The van der Waals surface area contributed by atoms with Gasteiger partial charge in [0.2, 0.25) is 5.91 Å². The van der Waals surface area contributed by atoms with Crippen molar-refractivity contribution in [2.24, 2.45) is 0 Å². The molecule has 0 aromatic carbocycles. The molecule has 1 saturated heterocycles. The Labute approximate surface area is 129 Å². The molecule has 5 heteroatoms. The summed E-state index contributed by atoms with van der Waals surface area (Å²) in [6, 6.07) is 4.20. The Morgan fingerprint density at radius 3 is 2.86 bits per heavy atom. The molecule has 1 aliphatic heterocycles. The number of aryl methyl sites for hydroxylation is 1. The fraction of sp³-hybridized carbons (Fsp3) is 0.625. The topological polar surface area (TPSA) is 57.6 Å². The average Bonchev–Trinajstić information content (AvgIpc) is 3.08. The van der Waals surface area contributed by atoms with Crippen molar-refractivity contribution in [3.8, 4) is 0 Å². The number of carbonyl (C=O) groups is 2. The molecular formula is C16H23NO3S. The summed E-state index contributed by atoms with van der Waals surface area (Å²) < 4.78 is 0. The summed E-state index contributed by atoms with van der Waals surface area (Å²) in [7, 11) is 0. The van der Waals surface area contributed by atoms with Crippen LogP contribution >= 0.6 is 11.3 Å². The highest BCUT2D eigenvalue weighted by Gasteiger charge is 2.45. The van der Waals surface area contributed by atoms with Gasteiger partial charge in [-0.05, 0) is 50.5 Å². The number of hydrogen-bond donors (Lipinski definition) is 1. The van der Waals surface area contributed by atoms with Gasteiger partial charge in [-0.3, -0.25) is 4.79 Å². The van der Waals surface area contributed by atoms with Gasteiger partial charge in [0.05, 0.1) is 0 Å². The molecule has 1 N–H and O–H groups in total. The van der Waals surface area contributed by atoms with E-state index in [4.69, 9.17) is 0 Å². The van der Waals surface area contributed by atoms with Crippen LogP contribution < -0.4 is 0 Å². The number of carboxylic acids is 1.